The van der Waals surface area contributed by atoms with Crippen LogP contribution in [0.15, 0.2) is 24.3 Å². The van der Waals surface area contributed by atoms with Crippen LogP contribution in [0.1, 0.15) is 31.2 Å². The maximum atomic E-state index is 14.0. The third-order valence-electron chi connectivity index (χ3n) is 3.93. The van der Waals surface area contributed by atoms with Crippen LogP contribution >= 0.6 is 0 Å². The molecule has 2 atom stereocenters. The fraction of sp³-hybridized carbons (Fsp3) is 0.600. The first kappa shape index (κ1) is 15.4. The second-order valence-electron chi connectivity index (χ2n) is 5.50. The summed E-state index contributed by atoms with van der Waals surface area (Å²) in [5.41, 5.74) is 0.637. The molecule has 0 spiro atoms. The smallest absolute Gasteiger partial charge is 0.150 e. The van der Waals surface area contributed by atoms with Gasteiger partial charge >= 0.3 is 0 Å². The van der Waals surface area contributed by atoms with Crippen LogP contribution in [0, 0.1) is 11.7 Å². The lowest BCUT2D eigenvalue weighted by Crippen LogP contribution is -2.28. The number of nitrogens with one attached hydrogen (secondary N) is 1. The summed E-state index contributed by atoms with van der Waals surface area (Å²) in [5, 5.41) is 3.30. The van der Waals surface area contributed by atoms with E-state index in [-0.39, 0.29) is 29.2 Å². The largest absolute Gasteiger partial charge is 0.316 e. The van der Waals surface area contributed by atoms with Gasteiger partial charge in [-0.3, -0.25) is 0 Å². The first-order chi connectivity index (χ1) is 9.53. The van der Waals surface area contributed by atoms with Gasteiger partial charge in [-0.05, 0) is 36.9 Å². The molecule has 3 nitrogen and oxygen atoms in total. The van der Waals surface area contributed by atoms with E-state index in [0.29, 0.717) is 18.5 Å². The lowest BCUT2D eigenvalue weighted by molar-refractivity contribution is 0.423. The molecule has 1 fully saturated rings. The summed E-state index contributed by atoms with van der Waals surface area (Å²) in [4.78, 5) is 0. The van der Waals surface area contributed by atoms with Gasteiger partial charge in [-0.15, -0.1) is 0 Å². The average Bonchev–Trinajstić information content (AvgIpc) is 2.76. The second-order valence-corrected chi connectivity index (χ2v) is 7.72. The number of benzene rings is 1. The zero-order valence-corrected chi connectivity index (χ0v) is 12.6. The fourth-order valence-electron chi connectivity index (χ4n) is 2.88. The van der Waals surface area contributed by atoms with Crippen molar-refractivity contribution in [1.29, 1.82) is 0 Å². The Morgan fingerprint density at radius 2 is 2.15 bits per heavy atom. The molecule has 1 heterocycles. The molecule has 1 aliphatic rings. The third-order valence-corrected chi connectivity index (χ3v) is 5.73. The number of sulfone groups is 1. The standard InChI is InChI=1S/C15H22FNO2S/c1-2-8-17-10-14(12-7-9-20(18,19)11-12)13-5-3-4-6-15(13)16/h3-6,12,14,17H,2,7-11H2,1H3. The normalized spacial score (nSPS) is 22.8. The minimum atomic E-state index is -2.94. The van der Waals surface area contributed by atoms with Crippen molar-refractivity contribution in [3.8, 4) is 0 Å². The van der Waals surface area contributed by atoms with E-state index in [1.807, 2.05) is 6.07 Å². The Bertz CT molecular complexity index is 545. The summed E-state index contributed by atoms with van der Waals surface area (Å²) in [5.74, 6) is 0.123. The number of hydrogen-bond acceptors (Lipinski definition) is 3. The molecule has 1 saturated heterocycles. The van der Waals surface area contributed by atoms with Crippen molar-refractivity contribution in [1.82, 2.24) is 5.32 Å². The van der Waals surface area contributed by atoms with Crippen LogP contribution in [0.4, 0.5) is 4.39 Å². The fourth-order valence-corrected chi connectivity index (χ4v) is 4.76. The zero-order chi connectivity index (χ0) is 14.6. The molecule has 0 bridgehead atoms. The molecule has 0 saturated carbocycles. The van der Waals surface area contributed by atoms with E-state index in [0.717, 1.165) is 13.0 Å². The van der Waals surface area contributed by atoms with E-state index in [2.05, 4.69) is 12.2 Å². The number of rotatable bonds is 6. The number of halogens is 1. The third kappa shape index (κ3) is 3.79. The highest BCUT2D eigenvalue weighted by atomic mass is 32.2. The summed E-state index contributed by atoms with van der Waals surface area (Å²) in [6.07, 6.45) is 1.64. The molecule has 1 N–H and O–H groups in total. The van der Waals surface area contributed by atoms with E-state index in [4.69, 9.17) is 0 Å². The molecule has 0 radical (unpaired) electrons. The topological polar surface area (TPSA) is 46.2 Å². The van der Waals surface area contributed by atoms with Crippen LogP contribution in [-0.4, -0.2) is 33.0 Å². The van der Waals surface area contributed by atoms with Gasteiger partial charge in [-0.1, -0.05) is 25.1 Å². The van der Waals surface area contributed by atoms with Crippen LogP contribution in [0.3, 0.4) is 0 Å². The van der Waals surface area contributed by atoms with Crippen LogP contribution in [0.25, 0.3) is 0 Å². The Labute approximate surface area is 120 Å². The SMILES string of the molecule is CCCNCC(c1ccccc1F)C1CCS(=O)(=O)C1. The van der Waals surface area contributed by atoms with Crippen LogP contribution in [0.5, 0.6) is 0 Å². The summed E-state index contributed by atoms with van der Waals surface area (Å²) >= 11 is 0. The summed E-state index contributed by atoms with van der Waals surface area (Å²) in [6, 6.07) is 6.71. The monoisotopic (exact) mass is 299 g/mol. The average molecular weight is 299 g/mol. The summed E-state index contributed by atoms with van der Waals surface area (Å²) in [6.45, 7) is 3.57. The van der Waals surface area contributed by atoms with Gasteiger partial charge in [0.05, 0.1) is 11.5 Å². The Balaban J connectivity index is 2.19. The van der Waals surface area contributed by atoms with Gasteiger partial charge < -0.3 is 5.32 Å². The van der Waals surface area contributed by atoms with E-state index >= 15 is 0 Å². The zero-order valence-electron chi connectivity index (χ0n) is 11.8. The molecule has 0 aromatic heterocycles. The molecule has 5 heteroatoms. The molecular weight excluding hydrogens is 277 g/mol. The van der Waals surface area contributed by atoms with Crippen molar-refractivity contribution >= 4 is 9.84 Å². The molecular formula is C15H22FNO2S. The predicted molar refractivity (Wildman–Crippen MR) is 79.1 cm³/mol. The predicted octanol–water partition coefficient (Wildman–Crippen LogP) is 2.34. The highest BCUT2D eigenvalue weighted by Gasteiger charge is 2.35. The van der Waals surface area contributed by atoms with Gasteiger partial charge in [0.2, 0.25) is 0 Å². The first-order valence-electron chi connectivity index (χ1n) is 7.19. The molecule has 112 valence electrons. The Morgan fingerprint density at radius 1 is 1.40 bits per heavy atom. The Kier molecular flexibility index (Phi) is 5.16. The van der Waals surface area contributed by atoms with Gasteiger partial charge in [-0.25, -0.2) is 12.8 Å². The molecule has 2 unspecified atom stereocenters. The highest BCUT2D eigenvalue weighted by Crippen LogP contribution is 2.34. The minimum Gasteiger partial charge on any atom is -0.316 e. The summed E-state index contributed by atoms with van der Waals surface area (Å²) < 4.78 is 37.4. The molecule has 1 aromatic carbocycles. The van der Waals surface area contributed by atoms with Gasteiger partial charge in [0.1, 0.15) is 5.82 Å². The van der Waals surface area contributed by atoms with Crippen LogP contribution < -0.4 is 5.32 Å². The lowest BCUT2D eigenvalue weighted by atomic mass is 9.85. The Hall–Kier alpha value is -0.940. The molecule has 20 heavy (non-hydrogen) atoms. The van der Waals surface area contributed by atoms with Crippen molar-refractivity contribution in [2.75, 3.05) is 24.6 Å². The van der Waals surface area contributed by atoms with Gasteiger partial charge in [0, 0.05) is 12.5 Å². The first-order valence-corrected chi connectivity index (χ1v) is 9.01. The van der Waals surface area contributed by atoms with E-state index in [9.17, 15) is 12.8 Å². The highest BCUT2D eigenvalue weighted by molar-refractivity contribution is 7.91. The van der Waals surface area contributed by atoms with Gasteiger partial charge in [0.25, 0.3) is 0 Å². The maximum Gasteiger partial charge on any atom is 0.150 e. The molecule has 0 aliphatic carbocycles. The van der Waals surface area contributed by atoms with E-state index in [1.54, 1.807) is 12.1 Å². The summed E-state index contributed by atoms with van der Waals surface area (Å²) in [7, 11) is -2.94. The van der Waals surface area contributed by atoms with Crippen molar-refractivity contribution in [2.45, 2.75) is 25.7 Å². The molecule has 1 aromatic rings. The Morgan fingerprint density at radius 3 is 2.75 bits per heavy atom. The quantitative estimate of drug-likeness (QED) is 0.820. The van der Waals surface area contributed by atoms with Crippen LogP contribution in [0.2, 0.25) is 0 Å². The van der Waals surface area contributed by atoms with Crippen LogP contribution in [-0.2, 0) is 9.84 Å². The van der Waals surface area contributed by atoms with Crippen molar-refractivity contribution < 1.29 is 12.8 Å². The van der Waals surface area contributed by atoms with Crippen molar-refractivity contribution in [3.63, 3.8) is 0 Å². The molecule has 2 rings (SSSR count). The van der Waals surface area contributed by atoms with Gasteiger partial charge in [-0.2, -0.15) is 0 Å². The van der Waals surface area contributed by atoms with E-state index < -0.39 is 9.84 Å². The van der Waals surface area contributed by atoms with Crippen molar-refractivity contribution in [3.05, 3.63) is 35.6 Å². The second kappa shape index (κ2) is 6.68. The number of hydrogen-bond donors (Lipinski definition) is 1. The van der Waals surface area contributed by atoms with E-state index in [1.165, 1.54) is 6.07 Å². The van der Waals surface area contributed by atoms with Gasteiger partial charge in [0.15, 0.2) is 9.84 Å². The maximum absolute atomic E-state index is 14.0. The van der Waals surface area contributed by atoms with Crippen molar-refractivity contribution in [2.24, 2.45) is 5.92 Å². The molecule has 1 aliphatic heterocycles. The molecule has 0 amide bonds. The minimum absolute atomic E-state index is 0.0151. The lowest BCUT2D eigenvalue weighted by Gasteiger charge is -2.24.